The van der Waals surface area contributed by atoms with Crippen LogP contribution in [0.3, 0.4) is 0 Å². The van der Waals surface area contributed by atoms with Crippen LogP contribution in [0.15, 0.2) is 40.0 Å². The van der Waals surface area contributed by atoms with Gasteiger partial charge in [0, 0.05) is 48.3 Å². The van der Waals surface area contributed by atoms with Crippen molar-refractivity contribution in [1.29, 1.82) is 0 Å². The van der Waals surface area contributed by atoms with Crippen molar-refractivity contribution in [3.63, 3.8) is 0 Å². The van der Waals surface area contributed by atoms with Crippen LogP contribution in [0.2, 0.25) is 5.02 Å². The van der Waals surface area contributed by atoms with Crippen molar-refractivity contribution in [1.82, 2.24) is 14.6 Å². The van der Waals surface area contributed by atoms with Gasteiger partial charge in [0.2, 0.25) is 10.0 Å². The largest absolute Gasteiger partial charge is 0.481 e. The van der Waals surface area contributed by atoms with Crippen molar-refractivity contribution in [2.75, 3.05) is 19.7 Å². The number of allylic oxidation sites excluding steroid dienone is 1. The number of aromatic nitrogens is 1. The first-order chi connectivity index (χ1) is 20.0. The van der Waals surface area contributed by atoms with Crippen molar-refractivity contribution < 1.29 is 36.6 Å². The van der Waals surface area contributed by atoms with E-state index in [2.05, 4.69) is 15.3 Å². The lowest BCUT2D eigenvalue weighted by molar-refractivity contribution is -0.139. The maximum absolute atomic E-state index is 14.6. The molecule has 1 saturated carbocycles. The number of esters is 1. The van der Waals surface area contributed by atoms with Crippen LogP contribution in [-0.4, -0.2) is 65.5 Å². The van der Waals surface area contributed by atoms with E-state index in [0.29, 0.717) is 42.2 Å². The van der Waals surface area contributed by atoms with Gasteiger partial charge in [0.1, 0.15) is 6.04 Å². The summed E-state index contributed by atoms with van der Waals surface area (Å²) < 4.78 is 61.8. The molecule has 2 aromatic rings. The highest BCUT2D eigenvalue weighted by Crippen LogP contribution is 2.42. The van der Waals surface area contributed by atoms with Crippen molar-refractivity contribution in [3.8, 4) is 0 Å². The van der Waals surface area contributed by atoms with Crippen LogP contribution in [-0.2, 0) is 24.3 Å². The number of nitrogens with one attached hydrogen (secondary N) is 1. The fourth-order valence-corrected chi connectivity index (χ4v) is 8.70. The van der Waals surface area contributed by atoms with E-state index in [4.69, 9.17) is 21.4 Å². The number of carboxylic acid groups (broad SMARTS) is 1. The SMILES string of the molecule is CCOC(=O)C1=C(C2CCN(S(=O)(=O)C3CC(CC(=O)O)C3)CC2)NC(c2nccs2)=N[C@@H]1c1ccc(F)c(F)c1Cl. The molecule has 42 heavy (non-hydrogen) atoms. The predicted molar refractivity (Wildman–Crippen MR) is 152 cm³/mol. The molecule has 0 unspecified atom stereocenters. The molecular weight excluding hydrogens is 614 g/mol. The third-order valence-electron chi connectivity index (χ3n) is 7.86. The molecule has 1 saturated heterocycles. The fourth-order valence-electron chi connectivity index (χ4n) is 5.69. The Morgan fingerprint density at radius 3 is 2.57 bits per heavy atom. The molecule has 3 aliphatic rings. The average molecular weight is 643 g/mol. The maximum atomic E-state index is 14.6. The second-order valence-corrected chi connectivity index (χ2v) is 13.9. The number of piperidine rings is 1. The Bertz CT molecular complexity index is 1540. The lowest BCUT2D eigenvalue weighted by Crippen LogP contribution is -2.49. The van der Waals surface area contributed by atoms with Gasteiger partial charge in [-0.1, -0.05) is 17.7 Å². The summed E-state index contributed by atoms with van der Waals surface area (Å²) >= 11 is 7.53. The number of amidine groups is 1. The molecule has 0 amide bonds. The molecule has 2 fully saturated rings. The maximum Gasteiger partial charge on any atom is 0.338 e. The Kier molecular flexibility index (Phi) is 8.97. The number of benzene rings is 1. The molecule has 1 aromatic carbocycles. The zero-order valence-corrected chi connectivity index (χ0v) is 24.9. The summed E-state index contributed by atoms with van der Waals surface area (Å²) in [6.07, 6.45) is 2.89. The first kappa shape index (κ1) is 30.5. The van der Waals surface area contributed by atoms with Gasteiger partial charge in [-0.3, -0.25) is 9.79 Å². The molecule has 0 spiro atoms. The first-order valence-corrected chi connectivity index (χ1v) is 16.3. The summed E-state index contributed by atoms with van der Waals surface area (Å²) in [6.45, 7) is 2.07. The molecule has 15 heteroatoms. The number of nitrogens with zero attached hydrogens (tertiary/aromatic N) is 3. The minimum atomic E-state index is -3.62. The van der Waals surface area contributed by atoms with Crippen molar-refractivity contribution in [3.05, 3.63) is 62.2 Å². The zero-order valence-electron chi connectivity index (χ0n) is 22.6. The monoisotopic (exact) mass is 642 g/mol. The number of carbonyl (C=O) groups excluding carboxylic acids is 1. The Morgan fingerprint density at radius 2 is 1.95 bits per heavy atom. The molecule has 0 bridgehead atoms. The van der Waals surface area contributed by atoms with Gasteiger partial charge in [0.15, 0.2) is 22.5 Å². The fraction of sp³-hybridized carbons (Fsp3) is 0.481. The summed E-state index contributed by atoms with van der Waals surface area (Å²) in [5.74, 6) is -4.21. The van der Waals surface area contributed by atoms with E-state index in [1.165, 1.54) is 21.7 Å². The van der Waals surface area contributed by atoms with Gasteiger partial charge in [-0.25, -0.2) is 31.3 Å². The molecular formula is C27H29ClF2N4O6S2. The van der Waals surface area contributed by atoms with E-state index < -0.39 is 49.9 Å². The topological polar surface area (TPSA) is 138 Å². The van der Waals surface area contributed by atoms with E-state index in [-0.39, 0.29) is 49.1 Å². The number of carboxylic acids is 1. The van der Waals surface area contributed by atoms with Crippen LogP contribution in [0, 0.1) is 23.5 Å². The van der Waals surface area contributed by atoms with Gasteiger partial charge >= 0.3 is 11.9 Å². The molecule has 1 aliphatic carbocycles. The second kappa shape index (κ2) is 12.3. The zero-order chi connectivity index (χ0) is 30.2. The highest BCUT2D eigenvalue weighted by atomic mass is 35.5. The lowest BCUT2D eigenvalue weighted by Gasteiger charge is -2.40. The van der Waals surface area contributed by atoms with E-state index >= 15 is 0 Å². The summed E-state index contributed by atoms with van der Waals surface area (Å²) in [6, 6.07) is 1.07. The summed E-state index contributed by atoms with van der Waals surface area (Å²) in [4.78, 5) is 33.3. The quantitative estimate of drug-likeness (QED) is 0.305. The van der Waals surface area contributed by atoms with Crippen LogP contribution in [0.25, 0.3) is 0 Å². The van der Waals surface area contributed by atoms with Crippen molar-refractivity contribution in [2.45, 2.75) is 50.3 Å². The first-order valence-electron chi connectivity index (χ1n) is 13.5. The van der Waals surface area contributed by atoms with E-state index in [1.54, 1.807) is 18.5 Å². The van der Waals surface area contributed by atoms with Gasteiger partial charge in [-0.2, -0.15) is 0 Å². The molecule has 226 valence electrons. The van der Waals surface area contributed by atoms with Crippen molar-refractivity contribution >= 4 is 50.7 Å². The van der Waals surface area contributed by atoms with Crippen LogP contribution >= 0.6 is 22.9 Å². The molecule has 1 atom stereocenters. The number of aliphatic carboxylic acids is 1. The Balaban J connectivity index is 1.46. The normalized spacial score (nSPS) is 23.6. The average Bonchev–Trinajstić information content (AvgIpc) is 3.48. The molecule has 1 aromatic heterocycles. The Labute approximate surface area is 250 Å². The number of sulfonamides is 1. The highest BCUT2D eigenvalue weighted by Gasteiger charge is 2.44. The number of thiazole rings is 1. The number of hydrogen-bond acceptors (Lipinski definition) is 9. The van der Waals surface area contributed by atoms with Crippen LogP contribution in [0.1, 0.15) is 55.6 Å². The van der Waals surface area contributed by atoms with Crippen LogP contribution in [0.5, 0.6) is 0 Å². The minimum Gasteiger partial charge on any atom is -0.481 e. The van der Waals surface area contributed by atoms with Gasteiger partial charge < -0.3 is 15.2 Å². The van der Waals surface area contributed by atoms with Crippen molar-refractivity contribution in [2.24, 2.45) is 16.8 Å². The number of carbonyl (C=O) groups is 2. The van der Waals surface area contributed by atoms with Crippen LogP contribution in [0.4, 0.5) is 8.78 Å². The molecule has 5 rings (SSSR count). The van der Waals surface area contributed by atoms with Crippen LogP contribution < -0.4 is 5.32 Å². The van der Waals surface area contributed by atoms with Gasteiger partial charge in [0.05, 0.1) is 22.5 Å². The number of ether oxygens (including phenoxy) is 1. The predicted octanol–water partition coefficient (Wildman–Crippen LogP) is 4.28. The van der Waals surface area contributed by atoms with E-state index in [1.807, 2.05) is 0 Å². The molecule has 0 radical (unpaired) electrons. The smallest absolute Gasteiger partial charge is 0.338 e. The second-order valence-electron chi connectivity index (χ2n) is 10.4. The third-order valence-corrected chi connectivity index (χ3v) is 11.3. The number of hydrogen-bond donors (Lipinski definition) is 2. The van der Waals surface area contributed by atoms with Gasteiger partial charge in [0.25, 0.3) is 0 Å². The number of aliphatic imine (C=N–C) groups is 1. The third kappa shape index (κ3) is 5.94. The lowest BCUT2D eigenvalue weighted by atomic mass is 9.82. The summed E-state index contributed by atoms with van der Waals surface area (Å²) in [5.41, 5.74) is 0.608. The van der Waals surface area contributed by atoms with E-state index in [9.17, 15) is 26.8 Å². The summed E-state index contributed by atoms with van der Waals surface area (Å²) in [7, 11) is -3.62. The number of halogens is 3. The Hall–Kier alpha value is -2.94. The summed E-state index contributed by atoms with van der Waals surface area (Å²) in [5, 5.41) is 13.3. The van der Waals surface area contributed by atoms with Gasteiger partial charge in [-0.05, 0) is 44.6 Å². The minimum absolute atomic E-state index is 0.0450. The molecule has 10 nitrogen and oxygen atoms in total. The highest BCUT2D eigenvalue weighted by molar-refractivity contribution is 7.89. The molecule has 2 aliphatic heterocycles. The number of rotatable bonds is 9. The standard InChI is InChI=1S/C27H29ClF2N4O6S2/c1-2-40-27(37)20-23(15-5-8-34(9-6-15)42(38,39)16-11-14(12-16)13-19(35)36)32-25(26-31-7-10-41-26)33-24(20)17-3-4-18(29)22(30)21(17)28/h3-4,7,10,14-16,24H,2,5-6,8-9,11-13H2,1H3,(H,32,33)(H,35,36)/t14?,16?,24-/m1/s1. The molecule has 3 heterocycles. The van der Waals surface area contributed by atoms with E-state index in [0.717, 1.165) is 6.07 Å². The molecule has 2 N–H and O–H groups in total. The van der Waals surface area contributed by atoms with Gasteiger partial charge in [-0.15, -0.1) is 11.3 Å². The Morgan fingerprint density at radius 1 is 1.24 bits per heavy atom.